The van der Waals surface area contributed by atoms with Crippen molar-refractivity contribution in [1.29, 1.82) is 0 Å². The zero-order valence-corrected chi connectivity index (χ0v) is 12.9. The Morgan fingerprint density at radius 1 is 1.47 bits per heavy atom. The van der Waals surface area contributed by atoms with Crippen molar-refractivity contribution in [2.45, 2.75) is 12.6 Å². The van der Waals surface area contributed by atoms with Crippen LogP contribution < -0.4 is 10.1 Å². The van der Waals surface area contributed by atoms with Crippen molar-refractivity contribution in [2.75, 3.05) is 13.7 Å². The summed E-state index contributed by atoms with van der Waals surface area (Å²) in [6, 6.07) is 5.66. The minimum atomic E-state index is -0.520. The van der Waals surface area contributed by atoms with Crippen LogP contribution in [-0.4, -0.2) is 23.7 Å². The minimum Gasteiger partial charge on any atom is -0.486 e. The van der Waals surface area contributed by atoms with Crippen LogP contribution in [0.4, 0.5) is 0 Å². The summed E-state index contributed by atoms with van der Waals surface area (Å²) in [5.41, 5.74) is 0.868. The molecule has 0 bridgehead atoms. The normalized spacial score (nSPS) is 12.4. The fourth-order valence-corrected chi connectivity index (χ4v) is 3.32. The highest BCUT2D eigenvalue weighted by Crippen LogP contribution is 2.34. The van der Waals surface area contributed by atoms with Crippen molar-refractivity contribution in [3.63, 3.8) is 0 Å². The van der Waals surface area contributed by atoms with Crippen molar-refractivity contribution >= 4 is 27.3 Å². The lowest BCUT2D eigenvalue weighted by Crippen LogP contribution is -2.20. The van der Waals surface area contributed by atoms with E-state index in [1.807, 2.05) is 18.2 Å². The van der Waals surface area contributed by atoms with Gasteiger partial charge in [-0.2, -0.15) is 0 Å². The van der Waals surface area contributed by atoms with Gasteiger partial charge in [0.25, 0.3) is 0 Å². The molecular weight excluding hydrogens is 328 g/mol. The van der Waals surface area contributed by atoms with E-state index in [9.17, 15) is 5.11 Å². The smallest absolute Gasteiger partial charge is 0.188 e. The molecule has 0 saturated heterocycles. The standard InChI is InChI=1S/C13H15BrN2O2S/c1-18-13-11(14)6-10(19-13)7-16-8-12(17)9-2-4-15-5-3-9/h2-6,12,16-17H,7-8H2,1H3. The first-order valence-corrected chi connectivity index (χ1v) is 7.42. The lowest BCUT2D eigenvalue weighted by atomic mass is 10.1. The molecule has 1 unspecified atom stereocenters. The van der Waals surface area contributed by atoms with Crippen LogP contribution in [0.15, 0.2) is 35.1 Å². The van der Waals surface area contributed by atoms with E-state index in [0.717, 1.165) is 20.0 Å². The van der Waals surface area contributed by atoms with Crippen molar-refractivity contribution < 1.29 is 9.84 Å². The first-order valence-electron chi connectivity index (χ1n) is 5.81. The Morgan fingerprint density at radius 2 is 2.21 bits per heavy atom. The molecule has 2 aromatic heterocycles. The predicted octanol–water partition coefficient (Wildman–Crippen LogP) is 2.74. The van der Waals surface area contributed by atoms with E-state index in [1.165, 1.54) is 0 Å². The maximum Gasteiger partial charge on any atom is 0.188 e. The second-order valence-electron chi connectivity index (χ2n) is 3.98. The molecule has 6 heteroatoms. The highest BCUT2D eigenvalue weighted by molar-refractivity contribution is 9.10. The van der Waals surface area contributed by atoms with E-state index < -0.39 is 6.10 Å². The number of halogens is 1. The van der Waals surface area contributed by atoms with Crippen LogP contribution in [-0.2, 0) is 6.54 Å². The SMILES string of the molecule is COc1sc(CNCC(O)c2ccncc2)cc1Br. The summed E-state index contributed by atoms with van der Waals surface area (Å²) in [5, 5.41) is 14.1. The third-order valence-corrected chi connectivity index (χ3v) is 4.57. The van der Waals surface area contributed by atoms with Gasteiger partial charge in [0.1, 0.15) is 0 Å². The summed E-state index contributed by atoms with van der Waals surface area (Å²) < 4.78 is 6.17. The monoisotopic (exact) mass is 342 g/mol. The van der Waals surface area contributed by atoms with Crippen molar-refractivity contribution in [3.05, 3.63) is 45.5 Å². The number of aromatic nitrogens is 1. The Bertz CT molecular complexity index is 519. The van der Waals surface area contributed by atoms with Gasteiger partial charge in [0.2, 0.25) is 0 Å². The fourth-order valence-electron chi connectivity index (χ4n) is 1.66. The molecular formula is C13H15BrN2O2S. The molecule has 0 amide bonds. The number of rotatable bonds is 6. The molecule has 0 radical (unpaired) electrons. The zero-order valence-electron chi connectivity index (χ0n) is 10.5. The Kier molecular flexibility index (Phi) is 5.33. The third-order valence-electron chi connectivity index (χ3n) is 2.62. The number of hydrogen-bond donors (Lipinski definition) is 2. The van der Waals surface area contributed by atoms with Gasteiger partial charge < -0.3 is 15.2 Å². The van der Waals surface area contributed by atoms with Gasteiger partial charge >= 0.3 is 0 Å². The van der Waals surface area contributed by atoms with E-state index in [2.05, 4.69) is 26.2 Å². The molecule has 0 aromatic carbocycles. The Hall–Kier alpha value is -0.950. The average Bonchev–Trinajstić information content (AvgIpc) is 2.80. The Balaban J connectivity index is 1.83. The van der Waals surface area contributed by atoms with E-state index >= 15 is 0 Å². The van der Waals surface area contributed by atoms with Crippen LogP contribution in [0.25, 0.3) is 0 Å². The van der Waals surface area contributed by atoms with Gasteiger partial charge in [-0.1, -0.05) is 0 Å². The van der Waals surface area contributed by atoms with Crippen molar-refractivity contribution in [1.82, 2.24) is 10.3 Å². The molecule has 2 rings (SSSR count). The second-order valence-corrected chi connectivity index (χ2v) is 5.93. The molecule has 1 atom stereocenters. The number of aliphatic hydroxyl groups is 1. The summed E-state index contributed by atoms with van der Waals surface area (Å²) in [4.78, 5) is 5.09. The van der Waals surface area contributed by atoms with Gasteiger partial charge in [-0.15, -0.1) is 11.3 Å². The maximum atomic E-state index is 9.98. The number of ether oxygens (including phenoxy) is 1. The van der Waals surface area contributed by atoms with E-state index in [-0.39, 0.29) is 0 Å². The highest BCUT2D eigenvalue weighted by atomic mass is 79.9. The first-order chi connectivity index (χ1) is 9.20. The lowest BCUT2D eigenvalue weighted by Gasteiger charge is -2.11. The summed E-state index contributed by atoms with van der Waals surface area (Å²) in [5.74, 6) is 0. The summed E-state index contributed by atoms with van der Waals surface area (Å²) in [7, 11) is 1.65. The topological polar surface area (TPSA) is 54.4 Å². The predicted molar refractivity (Wildman–Crippen MR) is 79.5 cm³/mol. The van der Waals surface area contributed by atoms with Crippen LogP contribution in [0.3, 0.4) is 0 Å². The van der Waals surface area contributed by atoms with Crippen LogP contribution >= 0.6 is 27.3 Å². The summed E-state index contributed by atoms with van der Waals surface area (Å²) in [6.07, 6.45) is 2.84. The molecule has 2 heterocycles. The van der Waals surface area contributed by atoms with Crippen molar-refractivity contribution in [2.24, 2.45) is 0 Å². The number of methoxy groups -OCH3 is 1. The molecule has 19 heavy (non-hydrogen) atoms. The van der Waals surface area contributed by atoms with Gasteiger partial charge in [0, 0.05) is 30.4 Å². The quantitative estimate of drug-likeness (QED) is 0.847. The van der Waals surface area contributed by atoms with Gasteiger partial charge in [-0.25, -0.2) is 0 Å². The van der Waals surface area contributed by atoms with Crippen LogP contribution in [0.5, 0.6) is 5.06 Å². The number of thiophene rings is 1. The van der Waals surface area contributed by atoms with E-state index in [0.29, 0.717) is 13.1 Å². The zero-order chi connectivity index (χ0) is 13.7. The molecule has 0 fully saturated rings. The Morgan fingerprint density at radius 3 is 2.84 bits per heavy atom. The molecule has 0 spiro atoms. The number of nitrogens with zero attached hydrogens (tertiary/aromatic N) is 1. The summed E-state index contributed by atoms with van der Waals surface area (Å²) >= 11 is 5.02. The molecule has 2 aromatic rings. The third kappa shape index (κ3) is 4.01. The molecule has 2 N–H and O–H groups in total. The summed E-state index contributed by atoms with van der Waals surface area (Å²) in [6.45, 7) is 1.20. The average molecular weight is 343 g/mol. The number of aliphatic hydroxyl groups excluding tert-OH is 1. The highest BCUT2D eigenvalue weighted by Gasteiger charge is 2.09. The maximum absolute atomic E-state index is 9.98. The van der Waals surface area contributed by atoms with Gasteiger partial charge in [-0.05, 0) is 39.7 Å². The molecule has 0 saturated carbocycles. The first kappa shape index (κ1) is 14.5. The minimum absolute atomic E-state index is 0.502. The molecule has 0 aliphatic heterocycles. The van der Waals surface area contributed by atoms with Gasteiger partial charge in [0.15, 0.2) is 5.06 Å². The number of hydrogen-bond acceptors (Lipinski definition) is 5. The number of pyridine rings is 1. The van der Waals surface area contributed by atoms with E-state index in [1.54, 1.807) is 30.8 Å². The molecule has 0 aliphatic carbocycles. The van der Waals surface area contributed by atoms with Gasteiger partial charge in [0.05, 0.1) is 17.7 Å². The molecule has 4 nitrogen and oxygen atoms in total. The number of nitrogens with one attached hydrogen (secondary N) is 1. The molecule has 0 aliphatic rings. The lowest BCUT2D eigenvalue weighted by molar-refractivity contribution is 0.174. The second kappa shape index (κ2) is 7.00. The van der Waals surface area contributed by atoms with Crippen LogP contribution in [0, 0.1) is 0 Å². The largest absolute Gasteiger partial charge is 0.486 e. The molecule has 102 valence electrons. The fraction of sp³-hybridized carbons (Fsp3) is 0.308. The van der Waals surface area contributed by atoms with Crippen molar-refractivity contribution in [3.8, 4) is 5.06 Å². The Labute approximate surface area is 124 Å². The van der Waals surface area contributed by atoms with Crippen LogP contribution in [0.1, 0.15) is 16.5 Å². The van der Waals surface area contributed by atoms with Gasteiger partial charge in [-0.3, -0.25) is 4.98 Å². The van der Waals surface area contributed by atoms with E-state index in [4.69, 9.17) is 4.74 Å². The van der Waals surface area contributed by atoms with Crippen LogP contribution in [0.2, 0.25) is 0 Å².